The Morgan fingerprint density at radius 3 is 2.66 bits per heavy atom. The molecule has 5 heterocycles. The number of hydrogen-bond acceptors (Lipinski definition) is 5. The molecule has 176 valence electrons. The second-order valence-corrected chi connectivity index (χ2v) is 9.11. The molecule has 0 aliphatic carbocycles. The van der Waals surface area contributed by atoms with Gasteiger partial charge in [0.15, 0.2) is 0 Å². The van der Waals surface area contributed by atoms with E-state index in [1.807, 2.05) is 59.5 Å². The topological polar surface area (TPSA) is 55.6 Å². The van der Waals surface area contributed by atoms with Crippen LogP contribution in [0, 0.1) is 0 Å². The van der Waals surface area contributed by atoms with Crippen LogP contribution in [0.25, 0.3) is 38.9 Å². The number of ether oxygens (including phenoxy) is 1. The van der Waals surface area contributed by atoms with Crippen LogP contribution in [0.15, 0.2) is 79.3 Å². The van der Waals surface area contributed by atoms with Crippen molar-refractivity contribution in [2.24, 2.45) is 0 Å². The molecule has 0 atom stereocenters. The highest BCUT2D eigenvalue weighted by Gasteiger charge is 2.19. The van der Waals surface area contributed by atoms with Crippen LogP contribution in [-0.2, 0) is 0 Å². The molecule has 0 spiro atoms. The van der Waals surface area contributed by atoms with E-state index in [1.165, 1.54) is 32.4 Å². The van der Waals surface area contributed by atoms with Crippen molar-refractivity contribution in [1.29, 1.82) is 0 Å². The van der Waals surface area contributed by atoms with Crippen LogP contribution in [0.4, 0.5) is 0 Å². The van der Waals surface area contributed by atoms with Crippen LogP contribution in [-0.4, -0.2) is 50.7 Å². The highest BCUT2D eigenvalue weighted by molar-refractivity contribution is 6.03. The molecular formula is C29H29N5O. The van der Waals surface area contributed by atoms with Gasteiger partial charge in [-0.2, -0.15) is 5.10 Å². The Kier molecular flexibility index (Phi) is 6.11. The van der Waals surface area contributed by atoms with Gasteiger partial charge in [-0.3, -0.25) is 9.97 Å². The van der Waals surface area contributed by atoms with Crippen LogP contribution in [0.5, 0.6) is 5.75 Å². The fourth-order valence-electron chi connectivity index (χ4n) is 5.04. The number of piperidine rings is 1. The lowest BCUT2D eigenvalue weighted by atomic mass is 9.98. The highest BCUT2D eigenvalue weighted by Crippen LogP contribution is 2.38. The van der Waals surface area contributed by atoms with Crippen molar-refractivity contribution in [3.8, 4) is 28.3 Å². The Morgan fingerprint density at radius 1 is 0.857 bits per heavy atom. The minimum absolute atomic E-state index is 0.722. The van der Waals surface area contributed by atoms with E-state index in [4.69, 9.17) is 9.84 Å². The average molecular weight is 464 g/mol. The third-order valence-electron chi connectivity index (χ3n) is 6.77. The van der Waals surface area contributed by atoms with Crippen molar-refractivity contribution in [2.75, 3.05) is 26.2 Å². The van der Waals surface area contributed by atoms with Crippen LogP contribution < -0.4 is 4.74 Å². The van der Waals surface area contributed by atoms with Crippen molar-refractivity contribution in [1.82, 2.24) is 24.5 Å². The predicted octanol–water partition coefficient (Wildman–Crippen LogP) is 5.87. The third kappa shape index (κ3) is 4.49. The zero-order valence-electron chi connectivity index (χ0n) is 19.8. The van der Waals surface area contributed by atoms with Crippen molar-refractivity contribution in [3.63, 3.8) is 0 Å². The molecule has 0 amide bonds. The van der Waals surface area contributed by atoms with E-state index in [1.54, 1.807) is 0 Å². The van der Waals surface area contributed by atoms with Crippen molar-refractivity contribution in [3.05, 3.63) is 79.3 Å². The molecule has 1 fully saturated rings. The second kappa shape index (κ2) is 9.84. The quantitative estimate of drug-likeness (QED) is 0.283. The molecule has 5 aromatic rings. The van der Waals surface area contributed by atoms with E-state index in [0.717, 1.165) is 64.3 Å². The van der Waals surface area contributed by atoms with E-state index in [-0.39, 0.29) is 0 Å². The summed E-state index contributed by atoms with van der Waals surface area (Å²) in [6.07, 6.45) is 10.7. The van der Waals surface area contributed by atoms with Gasteiger partial charge in [0.05, 0.1) is 23.3 Å². The largest absolute Gasteiger partial charge is 0.493 e. The fourth-order valence-corrected chi connectivity index (χ4v) is 5.04. The zero-order valence-corrected chi connectivity index (χ0v) is 19.8. The summed E-state index contributed by atoms with van der Waals surface area (Å²) in [4.78, 5) is 11.8. The monoisotopic (exact) mass is 463 g/mol. The van der Waals surface area contributed by atoms with Crippen molar-refractivity contribution < 1.29 is 4.74 Å². The van der Waals surface area contributed by atoms with Crippen LogP contribution >= 0.6 is 0 Å². The number of rotatable bonds is 7. The summed E-state index contributed by atoms with van der Waals surface area (Å²) < 4.78 is 8.03. The number of aromatic nitrogens is 4. The first-order valence-corrected chi connectivity index (χ1v) is 12.5. The lowest BCUT2D eigenvalue weighted by molar-refractivity contribution is 0.205. The van der Waals surface area contributed by atoms with Gasteiger partial charge in [0.1, 0.15) is 11.4 Å². The molecule has 0 radical (unpaired) electrons. The van der Waals surface area contributed by atoms with Gasteiger partial charge >= 0.3 is 0 Å². The number of benzene rings is 1. The smallest absolute Gasteiger partial charge is 0.121 e. The van der Waals surface area contributed by atoms with Gasteiger partial charge < -0.3 is 9.64 Å². The van der Waals surface area contributed by atoms with E-state index >= 15 is 0 Å². The number of nitrogens with zero attached hydrogens (tertiary/aromatic N) is 5. The SMILES string of the molecule is c1ccc(-c2nn3ccccc3c2-c2ccnc3cc(OCCCN4CCCCC4)ccc23)nc1. The van der Waals surface area contributed by atoms with Gasteiger partial charge in [-0.1, -0.05) is 18.6 Å². The molecule has 35 heavy (non-hydrogen) atoms. The maximum Gasteiger partial charge on any atom is 0.121 e. The number of pyridine rings is 3. The Morgan fingerprint density at radius 2 is 1.77 bits per heavy atom. The summed E-state index contributed by atoms with van der Waals surface area (Å²) in [5.41, 5.74) is 5.82. The van der Waals surface area contributed by atoms with Gasteiger partial charge in [0.25, 0.3) is 0 Å². The van der Waals surface area contributed by atoms with Gasteiger partial charge in [-0.05, 0) is 80.4 Å². The average Bonchev–Trinajstić information content (AvgIpc) is 3.31. The van der Waals surface area contributed by atoms with Crippen LogP contribution in [0.2, 0.25) is 0 Å². The Labute approximate surface area is 205 Å². The Bertz CT molecular complexity index is 1440. The number of hydrogen-bond donors (Lipinski definition) is 0. The molecule has 6 nitrogen and oxygen atoms in total. The fraction of sp³-hybridized carbons (Fsp3) is 0.276. The molecule has 0 unspecified atom stereocenters. The highest BCUT2D eigenvalue weighted by atomic mass is 16.5. The zero-order chi connectivity index (χ0) is 23.5. The lowest BCUT2D eigenvalue weighted by Crippen LogP contribution is -2.31. The minimum atomic E-state index is 0.722. The van der Waals surface area contributed by atoms with Crippen molar-refractivity contribution in [2.45, 2.75) is 25.7 Å². The molecule has 1 aromatic carbocycles. The molecule has 0 N–H and O–H groups in total. The summed E-state index contributed by atoms with van der Waals surface area (Å²) in [6.45, 7) is 4.29. The summed E-state index contributed by atoms with van der Waals surface area (Å²) in [5, 5.41) is 5.95. The first-order valence-electron chi connectivity index (χ1n) is 12.5. The normalized spacial score (nSPS) is 14.5. The van der Waals surface area contributed by atoms with Crippen LogP contribution in [0.1, 0.15) is 25.7 Å². The molecule has 4 aromatic heterocycles. The molecule has 0 saturated carbocycles. The molecule has 1 aliphatic heterocycles. The van der Waals surface area contributed by atoms with Gasteiger partial charge in [-0.15, -0.1) is 0 Å². The first-order chi connectivity index (χ1) is 17.4. The maximum absolute atomic E-state index is 6.11. The van der Waals surface area contributed by atoms with Crippen molar-refractivity contribution >= 4 is 16.4 Å². The van der Waals surface area contributed by atoms with Gasteiger partial charge in [-0.25, -0.2) is 4.52 Å². The molecule has 1 aliphatic rings. The van der Waals surface area contributed by atoms with Crippen LogP contribution in [0.3, 0.4) is 0 Å². The van der Waals surface area contributed by atoms with E-state index in [0.29, 0.717) is 0 Å². The molecular weight excluding hydrogens is 434 g/mol. The maximum atomic E-state index is 6.11. The molecule has 0 bridgehead atoms. The second-order valence-electron chi connectivity index (χ2n) is 9.11. The summed E-state index contributed by atoms with van der Waals surface area (Å²) >= 11 is 0. The first kappa shape index (κ1) is 21.7. The molecule has 6 rings (SSSR count). The Balaban J connectivity index is 1.31. The number of likely N-dealkylation sites (tertiary alicyclic amines) is 1. The summed E-state index contributed by atoms with van der Waals surface area (Å²) in [5.74, 6) is 0.866. The van der Waals surface area contributed by atoms with E-state index in [9.17, 15) is 0 Å². The van der Waals surface area contributed by atoms with E-state index < -0.39 is 0 Å². The predicted molar refractivity (Wildman–Crippen MR) is 140 cm³/mol. The Hall–Kier alpha value is -3.77. The lowest BCUT2D eigenvalue weighted by Gasteiger charge is -2.26. The molecule has 1 saturated heterocycles. The van der Waals surface area contributed by atoms with E-state index in [2.05, 4.69) is 39.1 Å². The standard InChI is InChI=1S/C29H29N5O/c1-5-16-33(17-6-1)18-8-20-35-22-11-12-23-24(13-15-31-26(23)21-22)28-27-10-3-7-19-34(27)32-29(28)25-9-2-4-14-30-25/h2-4,7,9-15,19,21H,1,5-6,8,16-18,20H2. The minimum Gasteiger partial charge on any atom is -0.493 e. The third-order valence-corrected chi connectivity index (χ3v) is 6.77. The summed E-state index contributed by atoms with van der Waals surface area (Å²) in [7, 11) is 0. The van der Waals surface area contributed by atoms with Gasteiger partial charge in [0, 0.05) is 42.2 Å². The summed E-state index contributed by atoms with van der Waals surface area (Å²) in [6, 6.07) is 20.3. The molecule has 6 heteroatoms. The number of fused-ring (bicyclic) bond motifs is 2. The van der Waals surface area contributed by atoms with Gasteiger partial charge in [0.2, 0.25) is 0 Å².